The lowest BCUT2D eigenvalue weighted by Crippen LogP contribution is -2.51. The third-order valence-electron chi connectivity index (χ3n) is 5.58. The molecule has 3 fully saturated rings. The average molecular weight is 354 g/mol. The van der Waals surface area contributed by atoms with Crippen molar-refractivity contribution in [2.24, 2.45) is 10.8 Å². The fourth-order valence-corrected chi connectivity index (χ4v) is 5.21. The van der Waals surface area contributed by atoms with Crippen LogP contribution in [0.1, 0.15) is 40.0 Å². The smallest absolute Gasteiger partial charge is 0.237 e. The van der Waals surface area contributed by atoms with Gasteiger partial charge in [0.05, 0.1) is 12.1 Å². The van der Waals surface area contributed by atoms with E-state index in [1.165, 1.54) is 11.3 Å². The Hall–Kier alpha value is -0.590. The van der Waals surface area contributed by atoms with Crippen LogP contribution in [0.5, 0.6) is 0 Å². The van der Waals surface area contributed by atoms with Gasteiger partial charge in [0.15, 0.2) is 0 Å². The maximum Gasteiger partial charge on any atom is 0.237 e. The van der Waals surface area contributed by atoms with E-state index in [-0.39, 0.29) is 17.2 Å². The van der Waals surface area contributed by atoms with E-state index >= 15 is 0 Å². The Kier molecular flexibility index (Phi) is 5.28. The fraction of sp³-hybridized carbons (Fsp3) is 0.889. The molecule has 136 valence electrons. The van der Waals surface area contributed by atoms with Gasteiger partial charge >= 0.3 is 0 Å². The Labute approximate surface area is 150 Å². The molecule has 5 nitrogen and oxygen atoms in total. The van der Waals surface area contributed by atoms with Crippen molar-refractivity contribution in [2.75, 3.05) is 50.9 Å². The van der Waals surface area contributed by atoms with E-state index in [9.17, 15) is 9.59 Å². The van der Waals surface area contributed by atoms with Crippen molar-refractivity contribution < 1.29 is 9.59 Å². The van der Waals surface area contributed by atoms with Gasteiger partial charge in [-0.2, -0.15) is 11.8 Å². The molecule has 0 aromatic heterocycles. The van der Waals surface area contributed by atoms with Crippen molar-refractivity contribution in [1.29, 1.82) is 0 Å². The molecule has 3 aliphatic heterocycles. The first-order chi connectivity index (χ1) is 11.3. The second-order valence-corrected chi connectivity index (χ2v) is 9.90. The van der Waals surface area contributed by atoms with Crippen molar-refractivity contribution in [3.63, 3.8) is 0 Å². The van der Waals surface area contributed by atoms with Gasteiger partial charge in [0.25, 0.3) is 0 Å². The fourth-order valence-electron chi connectivity index (χ4n) is 3.77. The van der Waals surface area contributed by atoms with Gasteiger partial charge in [-0.1, -0.05) is 20.8 Å². The van der Waals surface area contributed by atoms with E-state index in [1.807, 2.05) is 11.8 Å². The molecule has 0 N–H and O–H groups in total. The highest BCUT2D eigenvalue weighted by atomic mass is 32.2. The number of imide groups is 1. The van der Waals surface area contributed by atoms with Crippen molar-refractivity contribution >= 4 is 23.6 Å². The molecule has 0 aliphatic carbocycles. The summed E-state index contributed by atoms with van der Waals surface area (Å²) in [6, 6.07) is 0. The summed E-state index contributed by atoms with van der Waals surface area (Å²) in [6.45, 7) is 12.4. The molecular weight excluding hydrogens is 322 g/mol. The number of carbonyl (C=O) groups excluding carboxylic acids is 2. The number of rotatable bonds is 4. The SMILES string of the molecule is CC(C)(C)CCN1CCN(CN2C(=O)CC3(CCSC3)C2=O)CC1. The number of nitrogens with zero attached hydrogens (tertiary/aromatic N) is 3. The second-order valence-electron chi connectivity index (χ2n) is 8.80. The molecule has 24 heavy (non-hydrogen) atoms. The summed E-state index contributed by atoms with van der Waals surface area (Å²) in [5, 5.41) is 0. The van der Waals surface area contributed by atoms with E-state index < -0.39 is 0 Å². The van der Waals surface area contributed by atoms with E-state index in [1.54, 1.807) is 0 Å². The maximum absolute atomic E-state index is 12.7. The van der Waals surface area contributed by atoms with Crippen molar-refractivity contribution in [2.45, 2.75) is 40.0 Å². The van der Waals surface area contributed by atoms with Gasteiger partial charge in [-0.05, 0) is 30.6 Å². The molecule has 2 amide bonds. The van der Waals surface area contributed by atoms with Crippen LogP contribution >= 0.6 is 11.8 Å². The third kappa shape index (κ3) is 3.97. The van der Waals surface area contributed by atoms with Gasteiger partial charge in [-0.3, -0.25) is 19.4 Å². The monoisotopic (exact) mass is 353 g/mol. The van der Waals surface area contributed by atoms with Crippen molar-refractivity contribution in [3.8, 4) is 0 Å². The number of piperazine rings is 1. The molecule has 3 rings (SSSR count). The summed E-state index contributed by atoms with van der Waals surface area (Å²) in [5.41, 5.74) is 0.00934. The predicted molar refractivity (Wildman–Crippen MR) is 97.8 cm³/mol. The number of carbonyl (C=O) groups is 2. The van der Waals surface area contributed by atoms with Crippen LogP contribution in [-0.4, -0.2) is 77.4 Å². The van der Waals surface area contributed by atoms with Gasteiger partial charge in [-0.15, -0.1) is 0 Å². The van der Waals surface area contributed by atoms with Gasteiger partial charge in [-0.25, -0.2) is 0 Å². The van der Waals surface area contributed by atoms with Crippen LogP contribution in [0.2, 0.25) is 0 Å². The Morgan fingerprint density at radius 1 is 1.08 bits per heavy atom. The number of amides is 2. The molecule has 0 aromatic carbocycles. The normalized spacial score (nSPS) is 30.0. The predicted octanol–water partition coefficient (Wildman–Crippen LogP) is 1.88. The molecule has 3 heterocycles. The Balaban J connectivity index is 1.48. The lowest BCUT2D eigenvalue weighted by atomic mass is 9.86. The van der Waals surface area contributed by atoms with Gasteiger partial charge in [0, 0.05) is 38.4 Å². The summed E-state index contributed by atoms with van der Waals surface area (Å²) in [6.07, 6.45) is 2.51. The molecular formula is C18H31N3O2S. The summed E-state index contributed by atoms with van der Waals surface area (Å²) in [5.74, 6) is 1.97. The highest BCUT2D eigenvalue weighted by Crippen LogP contribution is 2.44. The molecule has 1 spiro atoms. The van der Waals surface area contributed by atoms with Crippen LogP contribution in [0.4, 0.5) is 0 Å². The van der Waals surface area contributed by atoms with Crippen LogP contribution in [-0.2, 0) is 9.59 Å². The first-order valence-corrected chi connectivity index (χ1v) is 10.3. The molecule has 1 atom stereocenters. The topological polar surface area (TPSA) is 43.9 Å². The van der Waals surface area contributed by atoms with E-state index in [4.69, 9.17) is 0 Å². The molecule has 1 unspecified atom stereocenters. The second kappa shape index (κ2) is 6.96. The van der Waals surface area contributed by atoms with Crippen LogP contribution in [0.15, 0.2) is 0 Å². The molecule has 0 saturated carbocycles. The zero-order chi connectivity index (χ0) is 17.4. The Morgan fingerprint density at radius 3 is 2.33 bits per heavy atom. The number of likely N-dealkylation sites (tertiary alicyclic amines) is 1. The Bertz CT molecular complexity index is 489. The van der Waals surface area contributed by atoms with Crippen LogP contribution in [0, 0.1) is 10.8 Å². The summed E-state index contributed by atoms with van der Waals surface area (Å²) < 4.78 is 0. The zero-order valence-electron chi connectivity index (χ0n) is 15.3. The first-order valence-electron chi connectivity index (χ1n) is 9.16. The molecule has 0 bridgehead atoms. The summed E-state index contributed by atoms with van der Waals surface area (Å²) in [4.78, 5) is 31.4. The maximum atomic E-state index is 12.7. The van der Waals surface area contributed by atoms with Gasteiger partial charge < -0.3 is 4.90 Å². The standard InChI is InChI=1S/C18H31N3O2S/c1-17(2,3)4-6-19-7-9-20(10-8-19)14-21-15(22)12-18(16(21)23)5-11-24-13-18/h4-14H2,1-3H3. The van der Waals surface area contributed by atoms with Gasteiger partial charge in [0.1, 0.15) is 0 Å². The van der Waals surface area contributed by atoms with E-state index in [0.29, 0.717) is 18.5 Å². The molecule has 6 heteroatoms. The van der Waals surface area contributed by atoms with E-state index in [2.05, 4.69) is 30.6 Å². The lowest BCUT2D eigenvalue weighted by Gasteiger charge is -2.37. The Morgan fingerprint density at radius 2 is 1.75 bits per heavy atom. The molecule has 3 saturated heterocycles. The van der Waals surface area contributed by atoms with Crippen molar-refractivity contribution in [1.82, 2.24) is 14.7 Å². The largest absolute Gasteiger partial charge is 0.301 e. The van der Waals surface area contributed by atoms with Crippen LogP contribution < -0.4 is 0 Å². The third-order valence-corrected chi connectivity index (χ3v) is 6.83. The lowest BCUT2D eigenvalue weighted by molar-refractivity contribution is -0.143. The number of hydrogen-bond acceptors (Lipinski definition) is 5. The van der Waals surface area contributed by atoms with Gasteiger partial charge in [0.2, 0.25) is 11.8 Å². The van der Waals surface area contributed by atoms with Crippen LogP contribution in [0.25, 0.3) is 0 Å². The van der Waals surface area contributed by atoms with Crippen LogP contribution in [0.3, 0.4) is 0 Å². The minimum Gasteiger partial charge on any atom is -0.301 e. The highest BCUT2D eigenvalue weighted by molar-refractivity contribution is 7.99. The minimum absolute atomic E-state index is 0.0395. The minimum atomic E-state index is -0.365. The zero-order valence-corrected chi connectivity index (χ0v) is 16.2. The summed E-state index contributed by atoms with van der Waals surface area (Å²) in [7, 11) is 0. The quantitative estimate of drug-likeness (QED) is 0.722. The number of hydrogen-bond donors (Lipinski definition) is 0. The molecule has 0 aromatic rings. The first kappa shape index (κ1) is 18.2. The average Bonchev–Trinajstić information content (AvgIpc) is 3.07. The van der Waals surface area contributed by atoms with E-state index in [0.717, 1.165) is 50.7 Å². The molecule has 0 radical (unpaired) electrons. The van der Waals surface area contributed by atoms with Crippen molar-refractivity contribution in [3.05, 3.63) is 0 Å². The highest BCUT2D eigenvalue weighted by Gasteiger charge is 2.53. The summed E-state index contributed by atoms with van der Waals surface area (Å²) >= 11 is 1.81. The number of thioether (sulfide) groups is 1. The molecule has 3 aliphatic rings.